The van der Waals surface area contributed by atoms with E-state index in [0.717, 1.165) is 19.2 Å². The number of aliphatic carboxylic acids is 1. The molecule has 8 nitrogen and oxygen atoms in total. The molecule has 1 saturated heterocycles. The van der Waals surface area contributed by atoms with Gasteiger partial charge in [0.05, 0.1) is 18.9 Å². The van der Waals surface area contributed by atoms with Gasteiger partial charge in [0.15, 0.2) is 0 Å². The van der Waals surface area contributed by atoms with Gasteiger partial charge >= 0.3 is 18.1 Å². The Kier molecular flexibility index (Phi) is 4.63. The molecule has 0 unspecified atom stereocenters. The molecule has 0 bridgehead atoms. The molecule has 2 heterocycles. The van der Waals surface area contributed by atoms with E-state index in [1.54, 1.807) is 0 Å². The SMILES string of the molecule is COC(=O)c1ccc(S(=O)(=O)N2C[C@@H](C(F)(F)F)[C@H](C(=O)O)C2)o1. The lowest BCUT2D eigenvalue weighted by molar-refractivity contribution is -0.187. The lowest BCUT2D eigenvalue weighted by atomic mass is 9.96. The largest absolute Gasteiger partial charge is 0.481 e. The second kappa shape index (κ2) is 6.09. The topological polar surface area (TPSA) is 114 Å². The third-order valence-corrected chi connectivity index (χ3v) is 5.29. The number of esters is 1. The van der Waals surface area contributed by atoms with Gasteiger partial charge in [0.1, 0.15) is 0 Å². The Morgan fingerprint density at radius 3 is 2.42 bits per heavy atom. The van der Waals surface area contributed by atoms with Crippen LogP contribution in [-0.4, -0.2) is 56.1 Å². The van der Waals surface area contributed by atoms with Crippen molar-refractivity contribution in [2.45, 2.75) is 11.3 Å². The summed E-state index contributed by atoms with van der Waals surface area (Å²) < 4.78 is 72.9. The maximum absolute atomic E-state index is 12.9. The number of sulfonamides is 1. The Hall–Kier alpha value is -2.08. The number of carbonyl (C=O) groups is 2. The van der Waals surface area contributed by atoms with E-state index in [9.17, 15) is 31.2 Å². The number of methoxy groups -OCH3 is 1. The van der Waals surface area contributed by atoms with Crippen molar-refractivity contribution in [1.82, 2.24) is 4.31 Å². The molecule has 2 rings (SSSR count). The summed E-state index contributed by atoms with van der Waals surface area (Å²) >= 11 is 0. The number of carboxylic acid groups (broad SMARTS) is 1. The molecule has 1 fully saturated rings. The van der Waals surface area contributed by atoms with Gasteiger partial charge in [-0.1, -0.05) is 0 Å². The van der Waals surface area contributed by atoms with Gasteiger partial charge in [0.25, 0.3) is 10.0 Å². The normalized spacial score (nSPS) is 22.5. The molecule has 1 aliphatic heterocycles. The first kappa shape index (κ1) is 18.3. The lowest BCUT2D eigenvalue weighted by Crippen LogP contribution is -2.34. The zero-order valence-corrected chi connectivity index (χ0v) is 12.9. The zero-order valence-electron chi connectivity index (χ0n) is 12.1. The van der Waals surface area contributed by atoms with Crippen LogP contribution in [0.2, 0.25) is 0 Å². The van der Waals surface area contributed by atoms with Crippen LogP contribution in [0.3, 0.4) is 0 Å². The van der Waals surface area contributed by atoms with Crippen LogP contribution >= 0.6 is 0 Å². The van der Waals surface area contributed by atoms with Crippen molar-refractivity contribution >= 4 is 22.0 Å². The molecule has 0 aliphatic carbocycles. The minimum Gasteiger partial charge on any atom is -0.481 e. The Labute approximate surface area is 133 Å². The van der Waals surface area contributed by atoms with Crippen molar-refractivity contribution in [3.63, 3.8) is 0 Å². The number of furan rings is 1. The van der Waals surface area contributed by atoms with E-state index in [1.807, 2.05) is 0 Å². The number of halogens is 3. The first-order chi connectivity index (χ1) is 11.0. The van der Waals surface area contributed by atoms with Gasteiger partial charge in [-0.2, -0.15) is 17.5 Å². The predicted octanol–water partition coefficient (Wildman–Crippen LogP) is 0.950. The van der Waals surface area contributed by atoms with Crippen molar-refractivity contribution in [1.29, 1.82) is 0 Å². The molecule has 134 valence electrons. The lowest BCUT2D eigenvalue weighted by Gasteiger charge is -2.18. The smallest absolute Gasteiger partial charge is 0.393 e. The molecular formula is C12H12F3NO7S. The van der Waals surface area contributed by atoms with Crippen LogP contribution in [0, 0.1) is 11.8 Å². The standard InChI is InChI=1S/C12H12F3NO7S/c1-22-11(19)8-2-3-9(23-8)24(20,21)16-4-6(10(17)18)7(5-16)12(13,14)15/h2-3,6-7H,4-5H2,1H3,(H,17,18)/t6-,7-/m1/s1. The van der Waals surface area contributed by atoms with Crippen LogP contribution in [0.1, 0.15) is 10.6 Å². The minimum absolute atomic E-state index is 0.379. The fourth-order valence-electron chi connectivity index (χ4n) is 2.34. The highest BCUT2D eigenvalue weighted by Gasteiger charge is 2.55. The van der Waals surface area contributed by atoms with Crippen molar-refractivity contribution in [2.75, 3.05) is 20.2 Å². The third-order valence-electron chi connectivity index (χ3n) is 3.59. The zero-order chi connectivity index (χ0) is 18.3. The van der Waals surface area contributed by atoms with Gasteiger partial charge < -0.3 is 14.3 Å². The molecule has 0 amide bonds. The van der Waals surface area contributed by atoms with Gasteiger partial charge in [0, 0.05) is 13.1 Å². The number of hydrogen-bond donors (Lipinski definition) is 1. The summed E-state index contributed by atoms with van der Waals surface area (Å²) in [5, 5.41) is 8.14. The number of rotatable bonds is 4. The highest BCUT2D eigenvalue weighted by atomic mass is 32.2. The Balaban J connectivity index is 2.32. The maximum Gasteiger partial charge on any atom is 0.393 e. The number of hydrogen-bond acceptors (Lipinski definition) is 6. The number of carbonyl (C=O) groups excluding carboxylic acids is 1. The summed E-state index contributed by atoms with van der Waals surface area (Å²) in [6.07, 6.45) is -4.87. The summed E-state index contributed by atoms with van der Waals surface area (Å²) in [6, 6.07) is 1.88. The van der Waals surface area contributed by atoms with Crippen LogP contribution in [0.5, 0.6) is 0 Å². The van der Waals surface area contributed by atoms with Gasteiger partial charge in [-0.25, -0.2) is 13.2 Å². The van der Waals surface area contributed by atoms with E-state index >= 15 is 0 Å². The Bertz CT molecular complexity index is 755. The molecule has 1 aliphatic rings. The Morgan fingerprint density at radius 2 is 1.96 bits per heavy atom. The molecular weight excluding hydrogens is 359 g/mol. The van der Waals surface area contributed by atoms with Gasteiger partial charge in [-0.3, -0.25) is 4.79 Å². The summed E-state index contributed by atoms with van der Waals surface area (Å²) in [7, 11) is -3.49. The monoisotopic (exact) mass is 371 g/mol. The first-order valence-corrected chi connectivity index (χ1v) is 7.90. The summed E-state index contributed by atoms with van der Waals surface area (Å²) in [4.78, 5) is 22.2. The van der Waals surface area contributed by atoms with Crippen molar-refractivity contribution in [3.8, 4) is 0 Å². The highest BCUT2D eigenvalue weighted by molar-refractivity contribution is 7.89. The van der Waals surface area contributed by atoms with Gasteiger partial charge in [0.2, 0.25) is 10.9 Å². The number of ether oxygens (including phenoxy) is 1. The van der Waals surface area contributed by atoms with Crippen molar-refractivity contribution < 1.29 is 45.4 Å². The molecule has 1 N–H and O–H groups in total. The molecule has 12 heteroatoms. The van der Waals surface area contributed by atoms with Crippen LogP contribution < -0.4 is 0 Å². The fraction of sp³-hybridized carbons (Fsp3) is 0.500. The number of nitrogens with zero attached hydrogens (tertiary/aromatic N) is 1. The molecule has 0 radical (unpaired) electrons. The fourth-order valence-corrected chi connectivity index (χ4v) is 3.75. The second-order valence-electron chi connectivity index (χ2n) is 5.03. The van der Waals surface area contributed by atoms with Crippen LogP contribution in [0.4, 0.5) is 13.2 Å². The van der Waals surface area contributed by atoms with Gasteiger partial charge in [-0.05, 0) is 12.1 Å². The van der Waals surface area contributed by atoms with Crippen LogP contribution in [0.15, 0.2) is 21.6 Å². The first-order valence-electron chi connectivity index (χ1n) is 6.46. The molecule has 1 aromatic rings. The molecule has 0 spiro atoms. The van der Waals surface area contributed by atoms with E-state index in [1.165, 1.54) is 0 Å². The van der Waals surface area contributed by atoms with E-state index in [2.05, 4.69) is 4.74 Å². The predicted molar refractivity (Wildman–Crippen MR) is 69.5 cm³/mol. The van der Waals surface area contributed by atoms with E-state index in [-0.39, 0.29) is 0 Å². The number of carboxylic acids is 1. The van der Waals surface area contributed by atoms with Crippen LogP contribution in [-0.2, 0) is 19.6 Å². The second-order valence-corrected chi connectivity index (χ2v) is 6.89. The molecule has 1 aromatic heterocycles. The van der Waals surface area contributed by atoms with E-state index < -0.39 is 63.9 Å². The summed E-state index contributed by atoms with van der Waals surface area (Å²) in [5.41, 5.74) is 0. The van der Waals surface area contributed by atoms with E-state index in [4.69, 9.17) is 9.52 Å². The molecule has 0 aromatic carbocycles. The number of alkyl halides is 3. The maximum atomic E-state index is 12.9. The van der Waals surface area contributed by atoms with E-state index in [0.29, 0.717) is 4.31 Å². The quantitative estimate of drug-likeness (QED) is 0.784. The Morgan fingerprint density at radius 1 is 1.33 bits per heavy atom. The third kappa shape index (κ3) is 3.24. The highest BCUT2D eigenvalue weighted by Crippen LogP contribution is 2.39. The van der Waals surface area contributed by atoms with Gasteiger partial charge in [-0.15, -0.1) is 0 Å². The molecule has 24 heavy (non-hydrogen) atoms. The summed E-state index contributed by atoms with van der Waals surface area (Å²) in [5.74, 6) is -7.41. The van der Waals surface area contributed by atoms with Crippen molar-refractivity contribution in [2.24, 2.45) is 11.8 Å². The van der Waals surface area contributed by atoms with Crippen molar-refractivity contribution in [3.05, 3.63) is 17.9 Å². The summed E-state index contributed by atoms with van der Waals surface area (Å²) in [6.45, 7) is -1.90. The average Bonchev–Trinajstić information content (AvgIpc) is 3.13. The average molecular weight is 371 g/mol. The minimum atomic E-state index is -4.87. The molecule has 2 atom stereocenters. The molecule has 0 saturated carbocycles. The van der Waals surface area contributed by atoms with Crippen LogP contribution in [0.25, 0.3) is 0 Å².